The van der Waals surface area contributed by atoms with E-state index in [9.17, 15) is 0 Å². The van der Waals surface area contributed by atoms with Crippen molar-refractivity contribution in [1.82, 2.24) is 4.98 Å². The third kappa shape index (κ3) is 1.40. The van der Waals surface area contributed by atoms with Crippen LogP contribution in [0.25, 0.3) is 17.0 Å². The zero-order valence-electron chi connectivity index (χ0n) is 7.91. The first-order valence-electron chi connectivity index (χ1n) is 4.45. The highest BCUT2D eigenvalue weighted by Crippen LogP contribution is 2.20. The summed E-state index contributed by atoms with van der Waals surface area (Å²) in [4.78, 5) is 3.16. The first kappa shape index (κ1) is 8.58. The van der Waals surface area contributed by atoms with Gasteiger partial charge in [-0.15, -0.1) is 0 Å². The van der Waals surface area contributed by atoms with E-state index >= 15 is 0 Å². The molecule has 0 aliphatic rings. The Hall–Kier alpha value is -2.01. The van der Waals surface area contributed by atoms with Crippen LogP contribution in [0.5, 0.6) is 0 Å². The van der Waals surface area contributed by atoms with Crippen LogP contribution < -0.4 is 0 Å². The number of hydrogen-bond donors (Lipinski definition) is 1. The maximum Gasteiger partial charge on any atom is 0.0912 e. The minimum absolute atomic E-state index is 1.06. The van der Waals surface area contributed by atoms with Crippen molar-refractivity contribution in [2.75, 3.05) is 0 Å². The fourth-order valence-corrected chi connectivity index (χ4v) is 1.52. The molecule has 2 rings (SSSR count). The van der Waals surface area contributed by atoms with Gasteiger partial charge in [-0.05, 0) is 25.1 Å². The van der Waals surface area contributed by atoms with Gasteiger partial charge in [0.1, 0.15) is 0 Å². The van der Waals surface area contributed by atoms with E-state index in [1.54, 1.807) is 0 Å². The Morgan fingerprint density at radius 2 is 2.29 bits per heavy atom. The molecule has 0 amide bonds. The van der Waals surface area contributed by atoms with Gasteiger partial charge >= 0.3 is 0 Å². The lowest BCUT2D eigenvalue weighted by molar-refractivity contribution is 1.45. The van der Waals surface area contributed by atoms with Crippen molar-refractivity contribution >= 4 is 17.0 Å². The molecule has 1 N–H and O–H groups in total. The molecule has 0 aliphatic heterocycles. The smallest absolute Gasteiger partial charge is 0.0912 e. The molecule has 1 aromatic carbocycles. The maximum absolute atomic E-state index is 8.44. The fraction of sp³-hybridized carbons (Fsp3) is 0.0833. The first-order valence-corrected chi connectivity index (χ1v) is 4.45. The average Bonchev–Trinajstić information content (AvgIpc) is 2.57. The molecule has 0 radical (unpaired) electrons. The van der Waals surface area contributed by atoms with Gasteiger partial charge < -0.3 is 4.98 Å². The lowest BCUT2D eigenvalue weighted by Crippen LogP contribution is -1.72. The van der Waals surface area contributed by atoms with Crippen LogP contribution in [0.4, 0.5) is 0 Å². The first-order chi connectivity index (χ1) is 6.81. The Labute approximate surface area is 82.5 Å². The number of aryl methyl sites for hydroxylation is 1. The van der Waals surface area contributed by atoms with E-state index in [-0.39, 0.29) is 0 Å². The van der Waals surface area contributed by atoms with E-state index < -0.39 is 0 Å². The number of allylic oxidation sites excluding steroid dienone is 1. The Balaban J connectivity index is 2.62. The number of hydrogen-bond acceptors (Lipinski definition) is 1. The van der Waals surface area contributed by atoms with Crippen LogP contribution in [0.3, 0.4) is 0 Å². The predicted molar refractivity (Wildman–Crippen MR) is 57.7 cm³/mol. The molecule has 2 aromatic rings. The van der Waals surface area contributed by atoms with Crippen LogP contribution in [-0.4, -0.2) is 4.98 Å². The fourth-order valence-electron chi connectivity index (χ4n) is 1.52. The third-order valence-corrected chi connectivity index (χ3v) is 2.21. The van der Waals surface area contributed by atoms with Gasteiger partial charge in [0.15, 0.2) is 0 Å². The number of H-pyrrole nitrogens is 1. The minimum atomic E-state index is 1.06. The lowest BCUT2D eigenvalue weighted by Gasteiger charge is -1.93. The Kier molecular flexibility index (Phi) is 2.08. The van der Waals surface area contributed by atoms with Crippen molar-refractivity contribution < 1.29 is 0 Å². The molecule has 68 valence electrons. The highest BCUT2D eigenvalue weighted by atomic mass is 14.7. The molecule has 2 heteroatoms. The number of fused-ring (bicyclic) bond motifs is 1. The number of benzene rings is 1. The molecule has 14 heavy (non-hydrogen) atoms. The minimum Gasteiger partial charge on any atom is -0.361 e. The number of nitriles is 1. The molecule has 1 aromatic heterocycles. The zero-order valence-corrected chi connectivity index (χ0v) is 7.91. The summed E-state index contributed by atoms with van der Waals surface area (Å²) in [7, 11) is 0. The normalized spacial score (nSPS) is 10.9. The van der Waals surface area contributed by atoms with Crippen LogP contribution in [0.1, 0.15) is 11.1 Å². The second-order valence-corrected chi connectivity index (χ2v) is 3.26. The summed E-state index contributed by atoms with van der Waals surface area (Å²) in [6, 6.07) is 8.22. The Morgan fingerprint density at radius 1 is 1.43 bits per heavy atom. The zero-order chi connectivity index (χ0) is 9.97. The summed E-state index contributed by atoms with van der Waals surface area (Å²) in [5.41, 5.74) is 3.39. The van der Waals surface area contributed by atoms with Crippen molar-refractivity contribution in [2.24, 2.45) is 0 Å². The topological polar surface area (TPSA) is 39.6 Å². The molecule has 0 bridgehead atoms. The van der Waals surface area contributed by atoms with Gasteiger partial charge in [-0.3, -0.25) is 0 Å². The Morgan fingerprint density at radius 3 is 3.07 bits per heavy atom. The third-order valence-electron chi connectivity index (χ3n) is 2.21. The van der Waals surface area contributed by atoms with Gasteiger partial charge in [0.05, 0.1) is 6.07 Å². The second kappa shape index (κ2) is 3.39. The van der Waals surface area contributed by atoms with Gasteiger partial charge in [0.2, 0.25) is 0 Å². The summed E-state index contributed by atoms with van der Waals surface area (Å²) >= 11 is 0. The molecular weight excluding hydrogens is 172 g/mol. The van der Waals surface area contributed by atoms with Crippen molar-refractivity contribution in [3.8, 4) is 6.07 Å². The van der Waals surface area contributed by atoms with Gasteiger partial charge in [-0.1, -0.05) is 11.6 Å². The van der Waals surface area contributed by atoms with E-state index in [1.807, 2.05) is 24.4 Å². The van der Waals surface area contributed by atoms with E-state index in [2.05, 4.69) is 24.0 Å². The van der Waals surface area contributed by atoms with Crippen molar-refractivity contribution in [3.05, 3.63) is 41.6 Å². The van der Waals surface area contributed by atoms with Gasteiger partial charge in [0, 0.05) is 28.7 Å². The van der Waals surface area contributed by atoms with Crippen LogP contribution in [0.2, 0.25) is 0 Å². The quantitative estimate of drug-likeness (QED) is 0.676. The van der Waals surface area contributed by atoms with Crippen LogP contribution in [0.15, 0.2) is 30.5 Å². The molecule has 0 saturated heterocycles. The van der Waals surface area contributed by atoms with E-state index in [0.717, 1.165) is 16.5 Å². The number of nitrogens with one attached hydrogen (secondary N) is 1. The molecule has 0 atom stereocenters. The molecule has 0 aliphatic carbocycles. The monoisotopic (exact) mass is 182 g/mol. The lowest BCUT2D eigenvalue weighted by atomic mass is 10.1. The molecule has 2 nitrogen and oxygen atoms in total. The highest BCUT2D eigenvalue weighted by molar-refractivity contribution is 5.89. The number of rotatable bonds is 1. The Bertz CT molecular complexity index is 527. The number of aromatic amines is 1. The highest BCUT2D eigenvalue weighted by Gasteiger charge is 1.99. The summed E-state index contributed by atoms with van der Waals surface area (Å²) in [6.07, 6.45) is 5.22. The molecule has 0 saturated carbocycles. The maximum atomic E-state index is 8.44. The predicted octanol–water partition coefficient (Wildman–Crippen LogP) is 3.01. The average molecular weight is 182 g/mol. The largest absolute Gasteiger partial charge is 0.361 e. The van der Waals surface area contributed by atoms with Crippen LogP contribution in [0, 0.1) is 18.3 Å². The number of aromatic nitrogens is 1. The van der Waals surface area contributed by atoms with E-state index in [0.29, 0.717) is 0 Å². The van der Waals surface area contributed by atoms with E-state index in [1.165, 1.54) is 11.6 Å². The summed E-state index contributed by atoms with van der Waals surface area (Å²) in [5, 5.41) is 9.61. The summed E-state index contributed by atoms with van der Waals surface area (Å²) < 4.78 is 0. The van der Waals surface area contributed by atoms with Crippen LogP contribution >= 0.6 is 0 Å². The standard InChI is InChI=1S/C12H10N2/c1-9-4-5-12-11(7-9)10(8-14-12)3-2-6-13/h2-5,7-8,14H,1H3. The van der Waals surface area contributed by atoms with Crippen molar-refractivity contribution in [2.45, 2.75) is 6.92 Å². The van der Waals surface area contributed by atoms with Crippen molar-refractivity contribution in [3.63, 3.8) is 0 Å². The second-order valence-electron chi connectivity index (χ2n) is 3.26. The molecule has 1 heterocycles. The van der Waals surface area contributed by atoms with Gasteiger partial charge in [-0.25, -0.2) is 0 Å². The van der Waals surface area contributed by atoms with Crippen molar-refractivity contribution in [1.29, 1.82) is 5.26 Å². The molecule has 0 spiro atoms. The summed E-state index contributed by atoms with van der Waals surface area (Å²) in [6.45, 7) is 2.06. The van der Waals surface area contributed by atoms with Gasteiger partial charge in [-0.2, -0.15) is 5.26 Å². The molecule has 0 fully saturated rings. The summed E-state index contributed by atoms with van der Waals surface area (Å²) in [5.74, 6) is 0. The van der Waals surface area contributed by atoms with E-state index in [4.69, 9.17) is 5.26 Å². The molecular formula is C12H10N2. The molecule has 0 unspecified atom stereocenters. The van der Waals surface area contributed by atoms with Gasteiger partial charge in [0.25, 0.3) is 0 Å². The van der Waals surface area contributed by atoms with Crippen LogP contribution in [-0.2, 0) is 0 Å². The number of nitrogens with zero attached hydrogens (tertiary/aromatic N) is 1. The SMILES string of the molecule is Cc1ccc2[nH]cc(C=CC#N)c2c1.